The van der Waals surface area contributed by atoms with E-state index in [1.807, 2.05) is 6.07 Å². The van der Waals surface area contributed by atoms with Crippen molar-refractivity contribution in [2.75, 3.05) is 73.6 Å². The molecule has 3 heterocycles. The van der Waals surface area contributed by atoms with E-state index < -0.39 is 16.1 Å². The molecule has 0 spiro atoms. The number of fused-ring (bicyclic) bond motifs is 4. The van der Waals surface area contributed by atoms with E-state index >= 15 is 0 Å². The summed E-state index contributed by atoms with van der Waals surface area (Å²) in [4.78, 5) is 20.7. The van der Waals surface area contributed by atoms with Gasteiger partial charge in [0, 0.05) is 74.9 Å². The maximum absolute atomic E-state index is 13.6. The Morgan fingerprint density at radius 2 is 1.79 bits per heavy atom. The molecule has 1 amide bonds. The number of para-hydroxylation sites is 1. The average Bonchev–Trinajstić information content (AvgIpc) is 3.35. The first-order valence-corrected chi connectivity index (χ1v) is 18.8. The largest absolute Gasteiger partial charge is 0.491 e. The van der Waals surface area contributed by atoms with Crippen molar-refractivity contribution < 1.29 is 17.9 Å². The summed E-state index contributed by atoms with van der Waals surface area (Å²) in [5.41, 5.74) is 6.06. The van der Waals surface area contributed by atoms with E-state index in [2.05, 4.69) is 76.2 Å². The molecule has 10 nitrogen and oxygen atoms in total. The second kappa shape index (κ2) is 14.3. The van der Waals surface area contributed by atoms with Crippen LogP contribution in [0.5, 0.6) is 5.75 Å². The van der Waals surface area contributed by atoms with Gasteiger partial charge in [0.15, 0.2) is 0 Å². The fraction of sp³-hybridized carbons (Fsp3) is 0.583. The lowest BCUT2D eigenvalue weighted by Crippen LogP contribution is -2.49. The smallest absolute Gasteiger partial charge is 0.303 e. The van der Waals surface area contributed by atoms with Crippen LogP contribution < -0.4 is 9.46 Å². The molecule has 6 rings (SSSR count). The molecular weight excluding hydrogens is 613 g/mol. The number of carbonyl (C=O) groups is 1. The van der Waals surface area contributed by atoms with Crippen LogP contribution in [0.25, 0.3) is 22.2 Å². The molecule has 11 heteroatoms. The summed E-state index contributed by atoms with van der Waals surface area (Å²) in [6, 6.07) is 12.3. The van der Waals surface area contributed by atoms with Gasteiger partial charge in [-0.15, -0.1) is 0 Å². The number of aryl methyl sites for hydroxylation is 1. The normalized spacial score (nSPS) is 22.3. The summed E-state index contributed by atoms with van der Waals surface area (Å²) < 4.78 is 39.4. The fourth-order valence-electron chi connectivity index (χ4n) is 7.66. The number of rotatable bonds is 5. The fourth-order valence-corrected chi connectivity index (χ4v) is 8.49. The lowest BCUT2D eigenvalue weighted by atomic mass is 9.81. The summed E-state index contributed by atoms with van der Waals surface area (Å²) >= 11 is 0. The number of aromatic nitrogens is 1. The Labute approximate surface area is 280 Å². The van der Waals surface area contributed by atoms with Gasteiger partial charge in [0.1, 0.15) is 12.4 Å². The molecular formula is C36H52N6O4S. The summed E-state index contributed by atoms with van der Waals surface area (Å²) in [5, 5.41) is 1.15. The van der Waals surface area contributed by atoms with Crippen LogP contribution in [0.4, 0.5) is 0 Å². The van der Waals surface area contributed by atoms with Gasteiger partial charge in [0.25, 0.3) is 5.91 Å². The standard InChI is InChI=1S/C36H52N6O4S/c1-6-40-19-18-39(5)47(44,45)37-36(43)28-15-16-30-32(23-28)42-24-29(41(22-20-40)21-17-38(3)4)25-46-35-26(2)11-10-14-31(35)34(42)33(30)27-12-8-7-9-13-27/h10-11,14-16,23,27,29H,6-9,12-13,17-22,24-25H2,1-5H3,(H,37,43). The number of nitrogens with one attached hydrogen (secondary N) is 1. The minimum Gasteiger partial charge on any atom is -0.491 e. The molecule has 47 heavy (non-hydrogen) atoms. The molecule has 0 radical (unpaired) electrons. The molecule has 3 aliphatic rings. The Kier molecular flexibility index (Phi) is 10.3. The van der Waals surface area contributed by atoms with Gasteiger partial charge in [0.2, 0.25) is 0 Å². The summed E-state index contributed by atoms with van der Waals surface area (Å²) in [5.74, 6) is 0.726. The predicted molar refractivity (Wildman–Crippen MR) is 188 cm³/mol. The molecule has 1 atom stereocenters. The van der Waals surface area contributed by atoms with E-state index in [1.165, 1.54) is 41.9 Å². The topological polar surface area (TPSA) is 90.4 Å². The highest BCUT2D eigenvalue weighted by Crippen LogP contribution is 2.47. The predicted octanol–water partition coefficient (Wildman–Crippen LogP) is 4.53. The maximum atomic E-state index is 13.6. The van der Waals surface area contributed by atoms with Crippen LogP contribution in [0.2, 0.25) is 0 Å². The van der Waals surface area contributed by atoms with Gasteiger partial charge in [-0.2, -0.15) is 12.7 Å². The monoisotopic (exact) mass is 664 g/mol. The van der Waals surface area contributed by atoms with Crippen molar-refractivity contribution >= 4 is 27.0 Å². The van der Waals surface area contributed by atoms with Crippen molar-refractivity contribution in [3.05, 3.63) is 53.1 Å². The number of hydrogen-bond acceptors (Lipinski definition) is 7. The Morgan fingerprint density at radius 3 is 2.53 bits per heavy atom. The zero-order valence-electron chi connectivity index (χ0n) is 28.8. The van der Waals surface area contributed by atoms with Crippen molar-refractivity contribution in [1.29, 1.82) is 0 Å². The third-order valence-corrected chi connectivity index (χ3v) is 12.0. The molecule has 1 saturated carbocycles. The highest BCUT2D eigenvalue weighted by Gasteiger charge is 2.33. The zero-order chi connectivity index (χ0) is 33.3. The molecule has 1 fully saturated rings. The molecule has 4 bridgehead atoms. The van der Waals surface area contributed by atoms with Crippen LogP contribution >= 0.6 is 0 Å². The minimum absolute atomic E-state index is 0.0865. The molecule has 1 aromatic heterocycles. The summed E-state index contributed by atoms with van der Waals surface area (Å²) in [6.07, 6.45) is 5.93. The van der Waals surface area contributed by atoms with Crippen LogP contribution in [-0.2, 0) is 16.8 Å². The third-order valence-electron chi connectivity index (χ3n) is 10.5. The number of benzene rings is 2. The van der Waals surface area contributed by atoms with Crippen LogP contribution in [-0.4, -0.2) is 118 Å². The Morgan fingerprint density at radius 1 is 1.02 bits per heavy atom. The van der Waals surface area contributed by atoms with Crippen LogP contribution in [0, 0.1) is 6.92 Å². The quantitative estimate of drug-likeness (QED) is 0.429. The van der Waals surface area contributed by atoms with Gasteiger partial charge >= 0.3 is 10.2 Å². The first kappa shape index (κ1) is 33.9. The van der Waals surface area contributed by atoms with Gasteiger partial charge in [-0.1, -0.05) is 44.4 Å². The van der Waals surface area contributed by atoms with Crippen molar-refractivity contribution in [3.8, 4) is 17.0 Å². The van der Waals surface area contributed by atoms with E-state index in [9.17, 15) is 13.2 Å². The van der Waals surface area contributed by atoms with E-state index in [0.29, 0.717) is 31.2 Å². The summed E-state index contributed by atoms with van der Waals surface area (Å²) in [7, 11) is 1.74. The van der Waals surface area contributed by atoms with Gasteiger partial charge < -0.3 is 19.1 Å². The number of nitrogens with zero attached hydrogens (tertiary/aromatic N) is 5. The molecule has 3 aromatic rings. The molecule has 256 valence electrons. The van der Waals surface area contributed by atoms with Crippen LogP contribution in [0.15, 0.2) is 36.4 Å². The van der Waals surface area contributed by atoms with E-state index in [4.69, 9.17) is 4.74 Å². The highest BCUT2D eigenvalue weighted by atomic mass is 32.2. The molecule has 2 aromatic carbocycles. The van der Waals surface area contributed by atoms with Gasteiger partial charge in [0.05, 0.1) is 11.7 Å². The molecule has 1 N–H and O–H groups in total. The second-order valence-corrected chi connectivity index (χ2v) is 15.7. The van der Waals surface area contributed by atoms with Crippen molar-refractivity contribution in [2.24, 2.45) is 0 Å². The molecule has 1 unspecified atom stereocenters. The number of carbonyl (C=O) groups excluding carboxylic acids is 1. The van der Waals surface area contributed by atoms with E-state index in [0.717, 1.165) is 73.3 Å². The lowest BCUT2D eigenvalue weighted by molar-refractivity contribution is 0.0970. The SMILES string of the molecule is CCN1CCN(CCN(C)C)C2COc3c(C)cccc3-c3c(C4CCCCC4)c4ccc(cc4n3C2)C(=O)NS(=O)(=O)N(C)CC1. The van der Waals surface area contributed by atoms with Crippen molar-refractivity contribution in [1.82, 2.24) is 28.3 Å². The minimum atomic E-state index is -4.02. The summed E-state index contributed by atoms with van der Waals surface area (Å²) in [6.45, 7) is 10.6. The number of likely N-dealkylation sites (N-methyl/N-ethyl adjacent to an activating group) is 3. The van der Waals surface area contributed by atoms with Crippen molar-refractivity contribution in [3.63, 3.8) is 0 Å². The van der Waals surface area contributed by atoms with Gasteiger partial charge in [-0.25, -0.2) is 4.72 Å². The highest BCUT2D eigenvalue weighted by molar-refractivity contribution is 7.87. The van der Waals surface area contributed by atoms with E-state index in [-0.39, 0.29) is 12.6 Å². The first-order chi connectivity index (χ1) is 22.6. The Balaban J connectivity index is 1.59. The van der Waals surface area contributed by atoms with Crippen molar-refractivity contribution in [2.45, 2.75) is 64.5 Å². The Hall–Kier alpha value is -2.96. The average molecular weight is 665 g/mol. The lowest BCUT2D eigenvalue weighted by Gasteiger charge is -2.37. The maximum Gasteiger partial charge on any atom is 0.303 e. The van der Waals surface area contributed by atoms with Gasteiger partial charge in [-0.3, -0.25) is 9.69 Å². The first-order valence-electron chi connectivity index (χ1n) is 17.4. The molecule has 2 aliphatic heterocycles. The number of ether oxygens (including phenoxy) is 1. The third kappa shape index (κ3) is 7.10. The van der Waals surface area contributed by atoms with E-state index in [1.54, 1.807) is 6.07 Å². The molecule has 1 aliphatic carbocycles. The second-order valence-electron chi connectivity index (χ2n) is 13.9. The molecule has 0 saturated heterocycles. The Bertz CT molecular complexity index is 1700. The van der Waals surface area contributed by atoms with Crippen LogP contribution in [0.1, 0.15) is 66.4 Å². The van der Waals surface area contributed by atoms with Crippen LogP contribution in [0.3, 0.4) is 0 Å². The van der Waals surface area contributed by atoms with Gasteiger partial charge in [-0.05, 0) is 75.6 Å². The number of amides is 1. The number of hydrogen-bond donors (Lipinski definition) is 1. The zero-order valence-corrected chi connectivity index (χ0v) is 29.6.